The molecule has 158 valence electrons. The maximum Gasteiger partial charge on any atom is 0.416 e. The molecule has 0 saturated carbocycles. The second-order valence-corrected chi connectivity index (χ2v) is 6.70. The minimum Gasteiger partial charge on any atom is -0.336 e. The predicted molar refractivity (Wildman–Crippen MR) is 91.0 cm³/mol. The predicted octanol–water partition coefficient (Wildman–Crippen LogP) is 3.38. The second kappa shape index (κ2) is 8.05. The van der Waals surface area contributed by atoms with Crippen molar-refractivity contribution in [2.75, 3.05) is 32.7 Å². The SMILES string of the molecule is O=C(c1cc(C(F)(F)F)cc(C(F)(F)F)c1)N1CCN(CCn2cccn2)CC1. The van der Waals surface area contributed by atoms with E-state index in [1.807, 2.05) is 6.20 Å². The molecule has 1 amide bonds. The molecule has 1 aromatic carbocycles. The van der Waals surface area contributed by atoms with Crippen molar-refractivity contribution in [3.05, 3.63) is 53.3 Å². The van der Waals surface area contributed by atoms with Gasteiger partial charge in [0.1, 0.15) is 0 Å². The van der Waals surface area contributed by atoms with Gasteiger partial charge in [0, 0.05) is 50.7 Å². The fraction of sp³-hybridized carbons (Fsp3) is 0.444. The van der Waals surface area contributed by atoms with Crippen LogP contribution in [0.2, 0.25) is 0 Å². The Bertz CT molecular complexity index is 807. The molecule has 1 aliphatic heterocycles. The number of benzene rings is 1. The topological polar surface area (TPSA) is 41.4 Å². The summed E-state index contributed by atoms with van der Waals surface area (Å²) in [5.41, 5.74) is -3.60. The van der Waals surface area contributed by atoms with Crippen LogP contribution >= 0.6 is 0 Å². The lowest BCUT2D eigenvalue weighted by atomic mass is 10.0. The molecular weight excluding hydrogens is 402 g/mol. The van der Waals surface area contributed by atoms with Crippen molar-refractivity contribution in [3.8, 4) is 0 Å². The molecule has 0 radical (unpaired) electrons. The zero-order chi connectivity index (χ0) is 21.2. The normalized spacial score (nSPS) is 16.3. The Hall–Kier alpha value is -2.56. The molecule has 0 bridgehead atoms. The summed E-state index contributed by atoms with van der Waals surface area (Å²) in [6.07, 6.45) is -6.50. The van der Waals surface area contributed by atoms with Crippen molar-refractivity contribution < 1.29 is 31.1 Å². The van der Waals surface area contributed by atoms with Crippen LogP contribution in [0.3, 0.4) is 0 Å². The van der Waals surface area contributed by atoms with Gasteiger partial charge in [0.05, 0.1) is 17.7 Å². The maximum absolute atomic E-state index is 13.0. The van der Waals surface area contributed by atoms with Crippen LogP contribution in [0.5, 0.6) is 0 Å². The van der Waals surface area contributed by atoms with Crippen molar-refractivity contribution in [1.29, 1.82) is 0 Å². The summed E-state index contributed by atoms with van der Waals surface area (Å²) < 4.78 is 79.7. The molecule has 1 aliphatic rings. The van der Waals surface area contributed by atoms with Crippen LogP contribution in [-0.2, 0) is 18.9 Å². The Kier molecular flexibility index (Phi) is 5.87. The number of rotatable bonds is 4. The Morgan fingerprint density at radius 1 is 0.897 bits per heavy atom. The first kappa shape index (κ1) is 21.2. The average Bonchev–Trinajstić information content (AvgIpc) is 3.18. The Morgan fingerprint density at radius 3 is 1.97 bits per heavy atom. The first-order valence-electron chi connectivity index (χ1n) is 8.82. The number of carbonyl (C=O) groups is 1. The van der Waals surface area contributed by atoms with Gasteiger partial charge in [0.2, 0.25) is 0 Å². The molecule has 11 heteroatoms. The lowest BCUT2D eigenvalue weighted by Crippen LogP contribution is -2.49. The number of halogens is 6. The fourth-order valence-corrected chi connectivity index (χ4v) is 3.11. The molecule has 29 heavy (non-hydrogen) atoms. The van der Waals surface area contributed by atoms with E-state index in [1.54, 1.807) is 16.9 Å². The summed E-state index contributed by atoms with van der Waals surface area (Å²) in [7, 11) is 0. The number of hydrogen-bond donors (Lipinski definition) is 0. The molecule has 0 atom stereocenters. The van der Waals surface area contributed by atoms with Gasteiger partial charge in [0.25, 0.3) is 5.91 Å². The van der Waals surface area contributed by atoms with Crippen molar-refractivity contribution in [2.45, 2.75) is 18.9 Å². The number of hydrogen-bond acceptors (Lipinski definition) is 3. The van der Waals surface area contributed by atoms with Crippen LogP contribution in [0.15, 0.2) is 36.7 Å². The zero-order valence-electron chi connectivity index (χ0n) is 15.2. The minimum atomic E-state index is -4.98. The smallest absolute Gasteiger partial charge is 0.336 e. The van der Waals surface area contributed by atoms with Crippen LogP contribution in [-0.4, -0.2) is 58.2 Å². The molecular formula is C18H18F6N4O. The highest BCUT2D eigenvalue weighted by atomic mass is 19.4. The number of aromatic nitrogens is 2. The Labute approximate surface area is 162 Å². The van der Waals surface area contributed by atoms with E-state index in [9.17, 15) is 31.1 Å². The highest BCUT2D eigenvalue weighted by Gasteiger charge is 2.38. The summed E-state index contributed by atoms with van der Waals surface area (Å²) in [4.78, 5) is 15.9. The Balaban J connectivity index is 1.68. The van der Waals surface area contributed by atoms with Crippen LogP contribution < -0.4 is 0 Å². The largest absolute Gasteiger partial charge is 0.416 e. The van der Waals surface area contributed by atoms with E-state index in [2.05, 4.69) is 10.00 Å². The fourth-order valence-electron chi connectivity index (χ4n) is 3.11. The van der Waals surface area contributed by atoms with E-state index >= 15 is 0 Å². The van der Waals surface area contributed by atoms with Crippen molar-refractivity contribution >= 4 is 5.91 Å². The van der Waals surface area contributed by atoms with Crippen LogP contribution in [0, 0.1) is 0 Å². The third-order valence-electron chi connectivity index (χ3n) is 4.70. The Morgan fingerprint density at radius 2 is 1.48 bits per heavy atom. The first-order chi connectivity index (χ1) is 13.5. The first-order valence-corrected chi connectivity index (χ1v) is 8.82. The summed E-state index contributed by atoms with van der Waals surface area (Å²) in [5, 5.41) is 4.08. The van der Waals surface area contributed by atoms with Gasteiger partial charge in [-0.15, -0.1) is 0 Å². The van der Waals surface area contributed by atoms with E-state index in [-0.39, 0.29) is 19.2 Å². The van der Waals surface area contributed by atoms with E-state index in [1.165, 1.54) is 4.90 Å². The molecule has 2 aromatic rings. The molecule has 0 aliphatic carbocycles. The van der Waals surface area contributed by atoms with Gasteiger partial charge in [-0.05, 0) is 24.3 Å². The highest BCUT2D eigenvalue weighted by molar-refractivity contribution is 5.94. The number of piperazine rings is 1. The van der Waals surface area contributed by atoms with Gasteiger partial charge in [-0.2, -0.15) is 31.4 Å². The van der Waals surface area contributed by atoms with E-state index in [0.29, 0.717) is 38.3 Å². The summed E-state index contributed by atoms with van der Waals surface area (Å²) in [5.74, 6) is -0.840. The van der Waals surface area contributed by atoms with Crippen molar-refractivity contribution in [3.63, 3.8) is 0 Å². The molecule has 3 rings (SSSR count). The molecule has 1 fully saturated rings. The third-order valence-corrected chi connectivity index (χ3v) is 4.70. The van der Waals surface area contributed by atoms with Gasteiger partial charge in [0.15, 0.2) is 0 Å². The summed E-state index contributed by atoms with van der Waals surface area (Å²) in [6.45, 7) is 2.69. The van der Waals surface area contributed by atoms with Gasteiger partial charge >= 0.3 is 12.4 Å². The number of amides is 1. The van der Waals surface area contributed by atoms with Gasteiger partial charge in [-0.1, -0.05) is 0 Å². The molecule has 1 aromatic heterocycles. The van der Waals surface area contributed by atoms with Gasteiger partial charge in [-0.3, -0.25) is 14.4 Å². The zero-order valence-corrected chi connectivity index (χ0v) is 15.2. The molecule has 0 N–H and O–H groups in total. The quantitative estimate of drug-likeness (QED) is 0.713. The van der Waals surface area contributed by atoms with Crippen LogP contribution in [0.1, 0.15) is 21.5 Å². The molecule has 0 spiro atoms. The van der Waals surface area contributed by atoms with Crippen molar-refractivity contribution in [2.24, 2.45) is 0 Å². The average molecular weight is 420 g/mol. The molecule has 1 saturated heterocycles. The van der Waals surface area contributed by atoms with E-state index in [4.69, 9.17) is 0 Å². The summed E-state index contributed by atoms with van der Waals surface area (Å²) in [6, 6.07) is 2.76. The van der Waals surface area contributed by atoms with Gasteiger partial charge in [-0.25, -0.2) is 0 Å². The number of carbonyl (C=O) groups excluding carboxylic acids is 1. The second-order valence-electron chi connectivity index (χ2n) is 6.70. The van der Waals surface area contributed by atoms with Crippen LogP contribution in [0.4, 0.5) is 26.3 Å². The summed E-state index contributed by atoms with van der Waals surface area (Å²) >= 11 is 0. The monoisotopic (exact) mass is 420 g/mol. The maximum atomic E-state index is 13.0. The molecule has 2 heterocycles. The molecule has 0 unspecified atom stereocenters. The number of nitrogens with zero attached hydrogens (tertiary/aromatic N) is 4. The van der Waals surface area contributed by atoms with Crippen LogP contribution in [0.25, 0.3) is 0 Å². The van der Waals surface area contributed by atoms with Crippen molar-refractivity contribution in [1.82, 2.24) is 19.6 Å². The van der Waals surface area contributed by atoms with Gasteiger partial charge < -0.3 is 4.90 Å². The lowest BCUT2D eigenvalue weighted by Gasteiger charge is -2.34. The van der Waals surface area contributed by atoms with E-state index in [0.717, 1.165) is 0 Å². The number of alkyl halides is 6. The lowest BCUT2D eigenvalue weighted by molar-refractivity contribution is -0.143. The van der Waals surface area contributed by atoms with E-state index < -0.39 is 35.0 Å². The minimum absolute atomic E-state index is 0.0179. The highest BCUT2D eigenvalue weighted by Crippen LogP contribution is 2.36. The standard InChI is InChI=1S/C18H18F6N4O/c19-17(20,21)14-10-13(11-15(12-14)18(22,23)24)16(29)27-7-4-26(5-8-27)6-9-28-3-1-2-25-28/h1-3,10-12H,4-9H2. The third kappa shape index (κ3) is 5.28. The molecule has 5 nitrogen and oxygen atoms in total.